The fourth-order valence-electron chi connectivity index (χ4n) is 3.13. The third kappa shape index (κ3) is 3.76. The lowest BCUT2D eigenvalue weighted by Gasteiger charge is -2.30. The second-order valence-corrected chi connectivity index (χ2v) is 8.42. The molecule has 1 amide bonds. The van der Waals surface area contributed by atoms with E-state index in [0.717, 1.165) is 20.8 Å². The Balaban J connectivity index is 1.87. The highest BCUT2D eigenvalue weighted by molar-refractivity contribution is 7.18. The average molecular weight is 387 g/mol. The number of nitrogens with zero attached hydrogens (tertiary/aromatic N) is 2. The van der Waals surface area contributed by atoms with Gasteiger partial charge in [0, 0.05) is 12.1 Å². The third-order valence-electron chi connectivity index (χ3n) is 4.76. The minimum Gasteiger partial charge on any atom is -0.336 e. The molecule has 0 aliphatic carbocycles. The number of para-hydroxylation sites is 1. The first-order valence-corrected chi connectivity index (χ1v) is 9.95. The third-order valence-corrected chi connectivity index (χ3v) is 6.22. The van der Waals surface area contributed by atoms with Gasteiger partial charge >= 0.3 is 0 Å². The molecular weight excluding hydrogens is 364 g/mol. The number of likely N-dealkylation sites (N-methyl/N-ethyl adjacent to an activating group) is 1. The number of benzene rings is 2. The lowest BCUT2D eigenvalue weighted by atomic mass is 9.87. The summed E-state index contributed by atoms with van der Waals surface area (Å²) in [6.07, 6.45) is 0. The van der Waals surface area contributed by atoms with Gasteiger partial charge in [-0.2, -0.15) is 0 Å². The number of thiazole rings is 1. The Kier molecular flexibility index (Phi) is 5.64. The van der Waals surface area contributed by atoms with Crippen LogP contribution < -0.4 is 0 Å². The molecule has 3 aromatic rings. The van der Waals surface area contributed by atoms with Crippen LogP contribution in [0.15, 0.2) is 48.5 Å². The summed E-state index contributed by atoms with van der Waals surface area (Å²) in [7, 11) is 1.87. The number of hydrogen-bond donors (Lipinski definition) is 0. The van der Waals surface area contributed by atoms with Crippen LogP contribution in [0.2, 0.25) is 5.02 Å². The first-order chi connectivity index (χ1) is 12.4. The van der Waals surface area contributed by atoms with E-state index < -0.39 is 0 Å². The van der Waals surface area contributed by atoms with E-state index in [-0.39, 0.29) is 23.8 Å². The Morgan fingerprint density at radius 2 is 1.73 bits per heavy atom. The second kappa shape index (κ2) is 7.77. The fraction of sp³-hybridized carbons (Fsp3) is 0.333. The summed E-state index contributed by atoms with van der Waals surface area (Å²) in [4.78, 5) is 19.8. The van der Waals surface area contributed by atoms with Crippen LogP contribution in [0.4, 0.5) is 0 Å². The molecule has 2 atom stereocenters. The molecule has 0 bridgehead atoms. The van der Waals surface area contributed by atoms with Crippen LogP contribution in [0.5, 0.6) is 0 Å². The van der Waals surface area contributed by atoms with E-state index in [1.54, 1.807) is 11.3 Å². The highest BCUT2D eigenvalue weighted by Gasteiger charge is 2.30. The summed E-state index contributed by atoms with van der Waals surface area (Å²) in [5, 5.41) is 1.64. The number of aromatic nitrogens is 1. The van der Waals surface area contributed by atoms with E-state index in [1.165, 1.54) is 0 Å². The molecule has 0 N–H and O–H groups in total. The molecule has 5 heteroatoms. The maximum atomic E-state index is 13.3. The largest absolute Gasteiger partial charge is 0.336 e. The molecule has 0 spiro atoms. The van der Waals surface area contributed by atoms with Gasteiger partial charge in [0.05, 0.1) is 22.2 Å². The Labute approximate surface area is 163 Å². The molecule has 0 radical (unpaired) electrons. The van der Waals surface area contributed by atoms with Gasteiger partial charge in [-0.05, 0) is 42.7 Å². The van der Waals surface area contributed by atoms with Gasteiger partial charge < -0.3 is 4.90 Å². The maximum absolute atomic E-state index is 13.3. The molecular formula is C21H23ClN2OS. The van der Waals surface area contributed by atoms with Gasteiger partial charge in [0.2, 0.25) is 5.91 Å². The van der Waals surface area contributed by atoms with Crippen LogP contribution in [0.1, 0.15) is 43.3 Å². The normalized spacial score (nSPS) is 13.8. The molecule has 0 saturated heterocycles. The van der Waals surface area contributed by atoms with Crippen LogP contribution in [0.3, 0.4) is 0 Å². The van der Waals surface area contributed by atoms with E-state index in [1.807, 2.05) is 61.3 Å². The molecule has 26 heavy (non-hydrogen) atoms. The zero-order valence-electron chi connectivity index (χ0n) is 15.4. The Morgan fingerprint density at radius 1 is 1.08 bits per heavy atom. The summed E-state index contributed by atoms with van der Waals surface area (Å²) >= 11 is 7.65. The lowest BCUT2D eigenvalue weighted by Crippen LogP contribution is -2.35. The van der Waals surface area contributed by atoms with Crippen molar-refractivity contribution in [2.75, 3.05) is 7.05 Å². The molecule has 3 nitrogen and oxygen atoms in total. The van der Waals surface area contributed by atoms with Gasteiger partial charge in [0.1, 0.15) is 5.01 Å². The number of fused-ring (bicyclic) bond motifs is 1. The second-order valence-electron chi connectivity index (χ2n) is 6.92. The van der Waals surface area contributed by atoms with E-state index in [9.17, 15) is 4.79 Å². The fourth-order valence-corrected chi connectivity index (χ4v) is 4.32. The van der Waals surface area contributed by atoms with Crippen LogP contribution in [-0.4, -0.2) is 22.8 Å². The van der Waals surface area contributed by atoms with Crippen molar-refractivity contribution in [1.82, 2.24) is 9.88 Å². The first kappa shape index (κ1) is 18.9. The molecule has 0 fully saturated rings. The summed E-state index contributed by atoms with van der Waals surface area (Å²) in [6.45, 7) is 6.19. The molecule has 1 aromatic heterocycles. The van der Waals surface area contributed by atoms with Crippen molar-refractivity contribution in [3.63, 3.8) is 0 Å². The number of amides is 1. The van der Waals surface area contributed by atoms with Crippen LogP contribution in [0, 0.1) is 5.92 Å². The van der Waals surface area contributed by atoms with Crippen molar-refractivity contribution >= 4 is 39.1 Å². The van der Waals surface area contributed by atoms with Gasteiger partial charge in [0.15, 0.2) is 0 Å². The standard InChI is InChI=1S/C21H23ClN2OS/c1-13(2)19(15-9-11-16(22)12-10-15)21(25)24(4)14(3)20-23-17-7-5-6-8-18(17)26-20/h5-14,19H,1-4H3/t14-,19-/m0/s1. The highest BCUT2D eigenvalue weighted by atomic mass is 35.5. The molecule has 0 aliphatic rings. The van der Waals surface area contributed by atoms with Crippen LogP contribution in [0.25, 0.3) is 10.2 Å². The topological polar surface area (TPSA) is 33.2 Å². The molecule has 136 valence electrons. The summed E-state index contributed by atoms with van der Waals surface area (Å²) < 4.78 is 1.15. The average Bonchev–Trinajstić information content (AvgIpc) is 3.06. The monoisotopic (exact) mass is 386 g/mol. The minimum atomic E-state index is -0.200. The summed E-state index contributed by atoms with van der Waals surface area (Å²) in [5.41, 5.74) is 1.98. The van der Waals surface area contributed by atoms with Crippen molar-refractivity contribution in [3.8, 4) is 0 Å². The summed E-state index contributed by atoms with van der Waals surface area (Å²) in [6, 6.07) is 15.6. The van der Waals surface area contributed by atoms with Crippen molar-refractivity contribution < 1.29 is 4.79 Å². The molecule has 0 aliphatic heterocycles. The van der Waals surface area contributed by atoms with E-state index >= 15 is 0 Å². The maximum Gasteiger partial charge on any atom is 0.230 e. The Morgan fingerprint density at radius 3 is 2.35 bits per heavy atom. The van der Waals surface area contributed by atoms with Crippen LogP contribution in [-0.2, 0) is 4.79 Å². The SMILES string of the molecule is CC(C)[C@H](C(=O)N(C)[C@@H](C)c1nc2ccccc2s1)c1ccc(Cl)cc1. The van der Waals surface area contributed by atoms with Crippen molar-refractivity contribution in [2.45, 2.75) is 32.7 Å². The number of hydrogen-bond acceptors (Lipinski definition) is 3. The lowest BCUT2D eigenvalue weighted by molar-refractivity contribution is -0.134. The van der Waals surface area contributed by atoms with E-state index in [0.29, 0.717) is 5.02 Å². The van der Waals surface area contributed by atoms with Gasteiger partial charge in [-0.1, -0.05) is 49.7 Å². The molecule has 2 aromatic carbocycles. The van der Waals surface area contributed by atoms with Crippen LogP contribution >= 0.6 is 22.9 Å². The molecule has 0 saturated carbocycles. The first-order valence-electron chi connectivity index (χ1n) is 8.76. The van der Waals surface area contributed by atoms with Gasteiger partial charge in [-0.3, -0.25) is 4.79 Å². The highest BCUT2D eigenvalue weighted by Crippen LogP contribution is 2.33. The smallest absolute Gasteiger partial charge is 0.230 e. The minimum absolute atomic E-state index is 0.0755. The van der Waals surface area contributed by atoms with Crippen molar-refractivity contribution in [3.05, 3.63) is 64.1 Å². The van der Waals surface area contributed by atoms with E-state index in [4.69, 9.17) is 16.6 Å². The van der Waals surface area contributed by atoms with Crippen molar-refractivity contribution in [2.24, 2.45) is 5.92 Å². The van der Waals surface area contributed by atoms with E-state index in [2.05, 4.69) is 19.9 Å². The molecule has 0 unspecified atom stereocenters. The number of halogens is 1. The number of carbonyl (C=O) groups is 1. The Hall–Kier alpha value is -1.91. The number of carbonyl (C=O) groups excluding carboxylic acids is 1. The Bertz CT molecular complexity index is 871. The zero-order valence-corrected chi connectivity index (χ0v) is 17.0. The predicted octanol–water partition coefficient (Wildman–Crippen LogP) is 5.91. The molecule has 1 heterocycles. The quantitative estimate of drug-likeness (QED) is 0.546. The number of rotatable bonds is 5. The summed E-state index contributed by atoms with van der Waals surface area (Å²) in [5.74, 6) is 0.0943. The predicted molar refractivity (Wildman–Crippen MR) is 110 cm³/mol. The molecule has 3 rings (SSSR count). The zero-order chi connectivity index (χ0) is 18.8. The van der Waals surface area contributed by atoms with Gasteiger partial charge in [-0.15, -0.1) is 11.3 Å². The van der Waals surface area contributed by atoms with Crippen molar-refractivity contribution in [1.29, 1.82) is 0 Å². The van der Waals surface area contributed by atoms with Gasteiger partial charge in [0.25, 0.3) is 0 Å². The van der Waals surface area contributed by atoms with Gasteiger partial charge in [-0.25, -0.2) is 4.98 Å².